The Kier molecular flexibility index (Phi) is 6.44. The van der Waals surface area contributed by atoms with E-state index < -0.39 is 24.0 Å². The van der Waals surface area contributed by atoms with E-state index >= 15 is 0 Å². The summed E-state index contributed by atoms with van der Waals surface area (Å²) in [5.74, 6) is -1.68. The normalized spacial score (nSPS) is 12.9. The van der Waals surface area contributed by atoms with Crippen LogP contribution in [0.4, 0.5) is 10.6 Å². The van der Waals surface area contributed by atoms with Gasteiger partial charge in [-0.15, -0.1) is 6.58 Å². The molecule has 0 saturated heterocycles. The van der Waals surface area contributed by atoms with Gasteiger partial charge in [-0.1, -0.05) is 54.6 Å². The van der Waals surface area contributed by atoms with Gasteiger partial charge in [-0.25, -0.2) is 9.59 Å². The average molecular weight is 460 g/mol. The number of nitrogens with one attached hydrogen (secondary N) is 2. The number of aromatic carboxylic acids is 1. The molecule has 9 heteroatoms. The number of ether oxygens (including phenoxy) is 1. The lowest BCUT2D eigenvalue weighted by molar-refractivity contribution is -0.118. The third-order valence-corrected chi connectivity index (χ3v) is 5.70. The molecule has 3 N–H and O–H groups in total. The molecule has 2 amide bonds. The molecule has 1 aromatic heterocycles. The third kappa shape index (κ3) is 4.54. The number of carboxylic acids is 1. The number of hydrogen-bond donors (Lipinski definition) is 3. The summed E-state index contributed by atoms with van der Waals surface area (Å²) in [6.07, 6.45) is 0.916. The highest BCUT2D eigenvalue weighted by Gasteiger charge is 2.30. The van der Waals surface area contributed by atoms with Crippen LogP contribution in [0.1, 0.15) is 34.0 Å². The highest BCUT2D eigenvalue weighted by molar-refractivity contribution is 5.97. The fourth-order valence-corrected chi connectivity index (χ4v) is 4.08. The number of benzene rings is 2. The third-order valence-electron chi connectivity index (χ3n) is 5.70. The molecule has 3 aromatic rings. The summed E-state index contributed by atoms with van der Waals surface area (Å²) >= 11 is 0. The van der Waals surface area contributed by atoms with Gasteiger partial charge in [-0.2, -0.15) is 5.10 Å². The summed E-state index contributed by atoms with van der Waals surface area (Å²) in [6, 6.07) is 16.3. The van der Waals surface area contributed by atoms with Gasteiger partial charge in [-0.05, 0) is 28.7 Å². The van der Waals surface area contributed by atoms with Gasteiger partial charge >= 0.3 is 12.1 Å². The minimum atomic E-state index is -1.21. The number of nitrogens with zero attached hydrogens (tertiary/aromatic N) is 2. The van der Waals surface area contributed by atoms with Gasteiger partial charge in [0.15, 0.2) is 5.69 Å². The number of carbonyl (C=O) groups is 3. The van der Waals surface area contributed by atoms with Crippen LogP contribution in [0.2, 0.25) is 0 Å². The molecule has 1 heterocycles. The molecular formula is C25H24N4O5. The highest BCUT2D eigenvalue weighted by atomic mass is 16.5. The number of fused-ring (bicyclic) bond motifs is 3. The first kappa shape index (κ1) is 22.8. The summed E-state index contributed by atoms with van der Waals surface area (Å²) in [7, 11) is 1.50. The van der Waals surface area contributed by atoms with Crippen molar-refractivity contribution in [2.45, 2.75) is 18.4 Å². The minimum Gasteiger partial charge on any atom is -0.476 e. The Morgan fingerprint density at radius 1 is 1.15 bits per heavy atom. The van der Waals surface area contributed by atoms with E-state index in [0.29, 0.717) is 0 Å². The molecule has 0 bridgehead atoms. The van der Waals surface area contributed by atoms with Crippen LogP contribution < -0.4 is 10.6 Å². The van der Waals surface area contributed by atoms with E-state index in [0.717, 1.165) is 22.3 Å². The van der Waals surface area contributed by atoms with Crippen LogP contribution in [-0.4, -0.2) is 45.5 Å². The summed E-state index contributed by atoms with van der Waals surface area (Å²) in [5.41, 5.74) is 4.20. The van der Waals surface area contributed by atoms with E-state index in [-0.39, 0.29) is 30.5 Å². The Labute approximate surface area is 196 Å². The number of hydrogen-bond acceptors (Lipinski definition) is 5. The zero-order chi connectivity index (χ0) is 24.2. The summed E-state index contributed by atoms with van der Waals surface area (Å²) in [5, 5.41) is 18.0. The van der Waals surface area contributed by atoms with Crippen molar-refractivity contribution < 1.29 is 24.2 Å². The lowest BCUT2D eigenvalue weighted by Gasteiger charge is -2.19. The number of aromatic nitrogens is 2. The molecule has 4 rings (SSSR count). The van der Waals surface area contributed by atoms with E-state index in [4.69, 9.17) is 9.84 Å². The van der Waals surface area contributed by atoms with Crippen LogP contribution in [0.5, 0.6) is 0 Å². The fourth-order valence-electron chi connectivity index (χ4n) is 4.08. The quantitative estimate of drug-likeness (QED) is 0.442. The second kappa shape index (κ2) is 9.62. The van der Waals surface area contributed by atoms with Gasteiger partial charge in [0.1, 0.15) is 18.5 Å². The molecule has 0 saturated carbocycles. The molecule has 0 aliphatic heterocycles. The molecule has 0 spiro atoms. The number of rotatable bonds is 8. The Morgan fingerprint density at radius 3 is 2.32 bits per heavy atom. The molecule has 1 unspecified atom stereocenters. The Bertz CT molecular complexity index is 1220. The summed E-state index contributed by atoms with van der Waals surface area (Å²) in [6.45, 7) is 3.75. The Balaban J connectivity index is 1.41. The largest absolute Gasteiger partial charge is 0.476 e. The molecule has 0 fully saturated rings. The van der Waals surface area contributed by atoms with E-state index in [1.807, 2.05) is 48.5 Å². The van der Waals surface area contributed by atoms with Crippen molar-refractivity contribution in [1.82, 2.24) is 15.1 Å². The average Bonchev–Trinajstić information content (AvgIpc) is 3.35. The fraction of sp³-hybridized carbons (Fsp3) is 0.200. The monoisotopic (exact) mass is 460 g/mol. The van der Waals surface area contributed by atoms with Crippen molar-refractivity contribution in [3.05, 3.63) is 84.1 Å². The van der Waals surface area contributed by atoms with E-state index in [2.05, 4.69) is 22.3 Å². The number of aryl methyl sites for hydroxylation is 1. The van der Waals surface area contributed by atoms with Gasteiger partial charge < -0.3 is 20.5 Å². The maximum Gasteiger partial charge on any atom is 0.407 e. The van der Waals surface area contributed by atoms with E-state index in [9.17, 15) is 14.4 Å². The lowest BCUT2D eigenvalue weighted by Crippen LogP contribution is -2.44. The highest BCUT2D eigenvalue weighted by Crippen LogP contribution is 2.44. The van der Waals surface area contributed by atoms with Crippen LogP contribution >= 0.6 is 0 Å². The smallest absolute Gasteiger partial charge is 0.407 e. The summed E-state index contributed by atoms with van der Waals surface area (Å²) < 4.78 is 6.75. The van der Waals surface area contributed by atoms with Crippen molar-refractivity contribution >= 4 is 23.8 Å². The number of carbonyl (C=O) groups excluding carboxylic acids is 2. The molecule has 1 aliphatic rings. The van der Waals surface area contributed by atoms with Crippen LogP contribution in [0.3, 0.4) is 0 Å². The molecular weight excluding hydrogens is 436 g/mol. The van der Waals surface area contributed by atoms with Crippen molar-refractivity contribution in [1.29, 1.82) is 0 Å². The standard InChI is InChI=1S/C25H24N4O5/c1-3-8-20(23(30)27-22-13-21(24(31)32)28-29(22)2)26-25(33)34-14-19-17-11-6-4-9-15(17)16-10-5-7-12-18(16)19/h3-7,9-13,19-20H,1,8,14H2,2H3,(H,26,33)(H,27,30)(H,31,32). The van der Waals surface area contributed by atoms with Gasteiger partial charge in [0.05, 0.1) is 0 Å². The first-order valence-electron chi connectivity index (χ1n) is 10.7. The molecule has 0 radical (unpaired) electrons. The minimum absolute atomic E-state index is 0.103. The van der Waals surface area contributed by atoms with Crippen molar-refractivity contribution in [3.8, 4) is 11.1 Å². The van der Waals surface area contributed by atoms with Crippen LogP contribution in [-0.2, 0) is 16.6 Å². The number of alkyl carbamates (subject to hydrolysis) is 1. The molecule has 1 aliphatic carbocycles. The van der Waals surface area contributed by atoms with Gasteiger partial charge in [0.2, 0.25) is 5.91 Å². The van der Waals surface area contributed by atoms with Crippen LogP contribution in [0.15, 0.2) is 67.3 Å². The predicted molar refractivity (Wildman–Crippen MR) is 126 cm³/mol. The SMILES string of the molecule is C=CCC(NC(=O)OCC1c2ccccc2-c2ccccc21)C(=O)Nc1cc(C(=O)O)nn1C. The van der Waals surface area contributed by atoms with Gasteiger partial charge in [0.25, 0.3) is 0 Å². The van der Waals surface area contributed by atoms with E-state index in [1.54, 1.807) is 0 Å². The number of carboxylic acid groups (broad SMARTS) is 1. The van der Waals surface area contributed by atoms with E-state index in [1.165, 1.54) is 23.9 Å². The molecule has 9 nitrogen and oxygen atoms in total. The Morgan fingerprint density at radius 2 is 1.76 bits per heavy atom. The second-order valence-corrected chi connectivity index (χ2v) is 7.88. The van der Waals surface area contributed by atoms with Gasteiger partial charge in [0, 0.05) is 19.0 Å². The first-order valence-corrected chi connectivity index (χ1v) is 10.7. The number of anilines is 1. The topological polar surface area (TPSA) is 123 Å². The van der Waals surface area contributed by atoms with Gasteiger partial charge in [-0.3, -0.25) is 9.48 Å². The lowest BCUT2D eigenvalue weighted by atomic mass is 9.98. The van der Waals surface area contributed by atoms with Crippen molar-refractivity contribution in [3.63, 3.8) is 0 Å². The van der Waals surface area contributed by atoms with Crippen LogP contribution in [0.25, 0.3) is 11.1 Å². The number of amides is 2. The summed E-state index contributed by atoms with van der Waals surface area (Å²) in [4.78, 5) is 36.4. The maximum absolute atomic E-state index is 12.7. The zero-order valence-electron chi connectivity index (χ0n) is 18.5. The molecule has 34 heavy (non-hydrogen) atoms. The predicted octanol–water partition coefficient (Wildman–Crippen LogP) is 3.54. The Hall–Kier alpha value is -4.40. The van der Waals surface area contributed by atoms with Crippen molar-refractivity contribution in [2.75, 3.05) is 11.9 Å². The van der Waals surface area contributed by atoms with Crippen molar-refractivity contribution in [2.24, 2.45) is 7.05 Å². The van der Waals surface area contributed by atoms with Crippen LogP contribution in [0, 0.1) is 0 Å². The maximum atomic E-state index is 12.7. The second-order valence-electron chi connectivity index (χ2n) is 7.88. The molecule has 1 atom stereocenters. The molecule has 174 valence electrons. The first-order chi connectivity index (χ1) is 16.4. The zero-order valence-corrected chi connectivity index (χ0v) is 18.5. The molecule has 2 aromatic carbocycles.